The van der Waals surface area contributed by atoms with Crippen LogP contribution in [-0.2, 0) is 19.1 Å². The minimum absolute atomic E-state index is 0.0950. The third kappa shape index (κ3) is 4.57. The van der Waals surface area contributed by atoms with E-state index in [-0.39, 0.29) is 12.3 Å². The predicted octanol–water partition coefficient (Wildman–Crippen LogP) is 3.98. The number of rotatable bonds is 6. The Hall–Kier alpha value is -2.88. The molecule has 0 fully saturated rings. The molecule has 1 atom stereocenters. The van der Waals surface area contributed by atoms with Crippen molar-refractivity contribution in [1.82, 2.24) is 0 Å². The van der Waals surface area contributed by atoms with E-state index in [1.807, 2.05) is 67.6 Å². The molecule has 2 aromatic rings. The van der Waals surface area contributed by atoms with Crippen LogP contribution in [0.2, 0.25) is 0 Å². The quantitative estimate of drug-likeness (QED) is 0.590. The lowest BCUT2D eigenvalue weighted by Gasteiger charge is -2.21. The number of allylic oxidation sites excluding steroid dienone is 1. The number of esters is 2. The molecule has 0 radical (unpaired) electrons. The van der Waals surface area contributed by atoms with Gasteiger partial charge in [-0.25, -0.2) is 4.79 Å². The van der Waals surface area contributed by atoms with E-state index < -0.39 is 11.9 Å². The van der Waals surface area contributed by atoms with Crippen LogP contribution in [0.25, 0.3) is 5.57 Å². The summed E-state index contributed by atoms with van der Waals surface area (Å²) in [7, 11) is 2.62. The van der Waals surface area contributed by atoms with Crippen LogP contribution in [0.1, 0.15) is 30.4 Å². The van der Waals surface area contributed by atoms with Crippen LogP contribution in [0.15, 0.2) is 66.2 Å². The summed E-state index contributed by atoms with van der Waals surface area (Å²) < 4.78 is 9.71. The third-order valence-corrected chi connectivity index (χ3v) is 4.12. The minimum atomic E-state index is -0.521. The first-order valence-electron chi connectivity index (χ1n) is 8.07. The van der Waals surface area contributed by atoms with Crippen molar-refractivity contribution in [3.8, 4) is 0 Å². The molecule has 0 bridgehead atoms. The Kier molecular flexibility index (Phi) is 6.52. The maximum atomic E-state index is 12.4. The van der Waals surface area contributed by atoms with Gasteiger partial charge in [0, 0.05) is 5.92 Å². The lowest BCUT2D eigenvalue weighted by atomic mass is 9.84. The number of hydrogen-bond acceptors (Lipinski definition) is 4. The van der Waals surface area contributed by atoms with Gasteiger partial charge in [-0.2, -0.15) is 0 Å². The monoisotopic (exact) mass is 338 g/mol. The maximum Gasteiger partial charge on any atom is 0.334 e. The second-order valence-electron chi connectivity index (χ2n) is 5.64. The van der Waals surface area contributed by atoms with Gasteiger partial charge in [0.1, 0.15) is 0 Å². The summed E-state index contributed by atoms with van der Waals surface area (Å²) in [4.78, 5) is 24.3. The Bertz CT molecular complexity index is 748. The highest BCUT2D eigenvalue weighted by Crippen LogP contribution is 2.36. The summed E-state index contributed by atoms with van der Waals surface area (Å²) >= 11 is 0. The fourth-order valence-corrected chi connectivity index (χ4v) is 2.83. The molecule has 0 aromatic heterocycles. The van der Waals surface area contributed by atoms with E-state index in [1.54, 1.807) is 0 Å². The fraction of sp³-hybridized carbons (Fsp3) is 0.238. The first kappa shape index (κ1) is 18.5. The SMILES string of the molecule is COC(=O)C/C(C(=O)OC)=C(\c1ccccc1)C(C)c1ccccc1. The van der Waals surface area contributed by atoms with Crippen molar-refractivity contribution in [2.75, 3.05) is 14.2 Å². The highest BCUT2D eigenvalue weighted by molar-refractivity contribution is 6.02. The van der Waals surface area contributed by atoms with Gasteiger partial charge in [0.05, 0.1) is 26.2 Å². The van der Waals surface area contributed by atoms with E-state index in [4.69, 9.17) is 9.47 Å². The van der Waals surface area contributed by atoms with Gasteiger partial charge in [-0.15, -0.1) is 0 Å². The number of methoxy groups -OCH3 is 2. The molecule has 0 amide bonds. The van der Waals surface area contributed by atoms with Crippen LogP contribution in [0.4, 0.5) is 0 Å². The number of carbonyl (C=O) groups excluding carboxylic acids is 2. The molecule has 0 aliphatic carbocycles. The Morgan fingerprint density at radius 3 is 1.96 bits per heavy atom. The normalized spacial score (nSPS) is 12.8. The van der Waals surface area contributed by atoms with E-state index in [2.05, 4.69) is 0 Å². The van der Waals surface area contributed by atoms with Gasteiger partial charge in [0.15, 0.2) is 0 Å². The molecule has 0 aliphatic heterocycles. The smallest absolute Gasteiger partial charge is 0.334 e. The van der Waals surface area contributed by atoms with Gasteiger partial charge in [0.2, 0.25) is 0 Å². The standard InChI is InChI=1S/C21H22O4/c1-15(16-10-6-4-7-11-16)20(17-12-8-5-9-13-17)18(21(23)25-3)14-19(22)24-2/h4-13,15H,14H2,1-3H3/b20-18+. The summed E-state index contributed by atoms with van der Waals surface area (Å²) in [5.74, 6) is -1.09. The summed E-state index contributed by atoms with van der Waals surface area (Å²) in [6.45, 7) is 2.01. The van der Waals surface area contributed by atoms with Gasteiger partial charge in [0.25, 0.3) is 0 Å². The second-order valence-corrected chi connectivity index (χ2v) is 5.64. The Morgan fingerprint density at radius 2 is 1.44 bits per heavy atom. The fourth-order valence-electron chi connectivity index (χ4n) is 2.83. The van der Waals surface area contributed by atoms with Crippen molar-refractivity contribution in [2.24, 2.45) is 0 Å². The number of carbonyl (C=O) groups is 2. The van der Waals surface area contributed by atoms with Crippen LogP contribution in [0.5, 0.6) is 0 Å². The molecule has 0 saturated carbocycles. The number of ether oxygens (including phenoxy) is 2. The molecule has 25 heavy (non-hydrogen) atoms. The Balaban J connectivity index is 2.65. The van der Waals surface area contributed by atoms with Gasteiger partial charge < -0.3 is 9.47 Å². The van der Waals surface area contributed by atoms with Crippen LogP contribution in [0.3, 0.4) is 0 Å². The molecular formula is C21H22O4. The van der Waals surface area contributed by atoms with Crippen molar-refractivity contribution < 1.29 is 19.1 Å². The molecule has 4 heteroatoms. The largest absolute Gasteiger partial charge is 0.469 e. The van der Waals surface area contributed by atoms with Crippen LogP contribution in [0, 0.1) is 0 Å². The number of benzene rings is 2. The van der Waals surface area contributed by atoms with E-state index in [0.29, 0.717) is 5.57 Å². The first-order chi connectivity index (χ1) is 12.1. The molecule has 2 aromatic carbocycles. The summed E-state index contributed by atoms with van der Waals surface area (Å²) in [5, 5.41) is 0. The second kappa shape index (κ2) is 8.83. The molecule has 0 aliphatic rings. The molecule has 1 unspecified atom stereocenters. The zero-order valence-electron chi connectivity index (χ0n) is 14.7. The highest BCUT2D eigenvalue weighted by atomic mass is 16.5. The van der Waals surface area contributed by atoms with Gasteiger partial charge >= 0.3 is 11.9 Å². The summed E-state index contributed by atoms with van der Waals surface area (Å²) in [5.41, 5.74) is 3.01. The van der Waals surface area contributed by atoms with Crippen molar-refractivity contribution in [3.05, 3.63) is 77.4 Å². The van der Waals surface area contributed by atoms with Crippen LogP contribution in [-0.4, -0.2) is 26.2 Å². The highest BCUT2D eigenvalue weighted by Gasteiger charge is 2.25. The zero-order valence-corrected chi connectivity index (χ0v) is 14.7. The van der Waals surface area contributed by atoms with Gasteiger partial charge in [-0.3, -0.25) is 4.79 Å². The lowest BCUT2D eigenvalue weighted by Crippen LogP contribution is -2.15. The molecule has 4 nitrogen and oxygen atoms in total. The lowest BCUT2D eigenvalue weighted by molar-refractivity contribution is -0.143. The number of hydrogen-bond donors (Lipinski definition) is 0. The van der Waals surface area contributed by atoms with E-state index in [1.165, 1.54) is 14.2 Å². The van der Waals surface area contributed by atoms with Crippen molar-refractivity contribution in [3.63, 3.8) is 0 Å². The Labute approximate surface area is 148 Å². The molecule has 0 saturated heterocycles. The van der Waals surface area contributed by atoms with Crippen molar-refractivity contribution in [2.45, 2.75) is 19.3 Å². The summed E-state index contributed by atoms with van der Waals surface area (Å²) in [6, 6.07) is 19.4. The average Bonchev–Trinajstić information content (AvgIpc) is 2.68. The van der Waals surface area contributed by atoms with Crippen molar-refractivity contribution >= 4 is 17.5 Å². The average molecular weight is 338 g/mol. The summed E-state index contributed by atoms with van der Waals surface area (Å²) in [6.07, 6.45) is -0.134. The molecule has 0 spiro atoms. The molecule has 0 heterocycles. The first-order valence-corrected chi connectivity index (χ1v) is 8.07. The third-order valence-electron chi connectivity index (χ3n) is 4.12. The Morgan fingerprint density at radius 1 is 0.880 bits per heavy atom. The van der Waals surface area contributed by atoms with Crippen LogP contribution >= 0.6 is 0 Å². The molecule has 0 N–H and O–H groups in total. The molecule has 2 rings (SSSR count). The maximum absolute atomic E-state index is 12.4. The van der Waals surface area contributed by atoms with Gasteiger partial charge in [-0.1, -0.05) is 67.6 Å². The molecular weight excluding hydrogens is 316 g/mol. The molecule has 130 valence electrons. The van der Waals surface area contributed by atoms with E-state index in [0.717, 1.165) is 16.7 Å². The van der Waals surface area contributed by atoms with Crippen molar-refractivity contribution in [1.29, 1.82) is 0 Å². The van der Waals surface area contributed by atoms with Gasteiger partial charge in [-0.05, 0) is 16.7 Å². The van der Waals surface area contributed by atoms with E-state index >= 15 is 0 Å². The topological polar surface area (TPSA) is 52.6 Å². The van der Waals surface area contributed by atoms with E-state index in [9.17, 15) is 9.59 Å². The predicted molar refractivity (Wildman–Crippen MR) is 96.9 cm³/mol. The minimum Gasteiger partial charge on any atom is -0.469 e. The zero-order chi connectivity index (χ0) is 18.2. The van der Waals surface area contributed by atoms with Crippen LogP contribution < -0.4 is 0 Å².